The summed E-state index contributed by atoms with van der Waals surface area (Å²) in [5, 5.41) is 13.1. The van der Waals surface area contributed by atoms with Gasteiger partial charge in [-0.1, -0.05) is 6.92 Å². The highest BCUT2D eigenvalue weighted by Gasteiger charge is 2.21. The number of benzene rings is 1. The molecule has 0 saturated carbocycles. The summed E-state index contributed by atoms with van der Waals surface area (Å²) in [6.45, 7) is 3.61. The normalized spacial score (nSPS) is 10.6. The minimum absolute atomic E-state index is 0.168. The Morgan fingerprint density at radius 2 is 1.96 bits per heavy atom. The molecule has 0 unspecified atom stereocenters. The van der Waals surface area contributed by atoms with E-state index in [4.69, 9.17) is 5.11 Å². The van der Waals surface area contributed by atoms with Gasteiger partial charge in [0.2, 0.25) is 0 Å². The molecule has 0 atom stereocenters. The predicted octanol–water partition coefficient (Wildman–Crippen LogP) is 2.26. The molecule has 1 aromatic heterocycles. The fourth-order valence-corrected chi connectivity index (χ4v) is 2.27. The lowest BCUT2D eigenvalue weighted by atomic mass is 10.3. The molecular weight excluding hydrogens is 301 g/mol. The lowest BCUT2D eigenvalue weighted by Gasteiger charge is -2.18. The molecule has 0 fully saturated rings. The Morgan fingerprint density at radius 1 is 1.30 bits per heavy atom. The highest BCUT2D eigenvalue weighted by atomic mass is 19.1. The summed E-state index contributed by atoms with van der Waals surface area (Å²) in [6.07, 6.45) is 0.649. The van der Waals surface area contributed by atoms with Gasteiger partial charge in [0.25, 0.3) is 5.91 Å². The zero-order valence-electron chi connectivity index (χ0n) is 13.0. The number of halogens is 1. The highest BCUT2D eigenvalue weighted by molar-refractivity contribution is 5.94. The summed E-state index contributed by atoms with van der Waals surface area (Å²) in [5.74, 6) is -1.86. The molecule has 0 bridgehead atoms. The first-order valence-corrected chi connectivity index (χ1v) is 7.26. The van der Waals surface area contributed by atoms with E-state index in [9.17, 15) is 14.0 Å². The van der Waals surface area contributed by atoms with Crippen molar-refractivity contribution < 1.29 is 19.1 Å². The third-order valence-corrected chi connectivity index (χ3v) is 3.28. The van der Waals surface area contributed by atoms with Gasteiger partial charge in [-0.05, 0) is 43.7 Å². The Hall–Kier alpha value is -2.70. The summed E-state index contributed by atoms with van der Waals surface area (Å²) in [4.78, 5) is 24.6. The second-order valence-electron chi connectivity index (χ2n) is 5.18. The molecule has 23 heavy (non-hydrogen) atoms. The first-order valence-electron chi connectivity index (χ1n) is 7.26. The van der Waals surface area contributed by atoms with Crippen LogP contribution in [-0.2, 0) is 4.79 Å². The largest absolute Gasteiger partial charge is 0.480 e. The van der Waals surface area contributed by atoms with Crippen molar-refractivity contribution in [3.63, 3.8) is 0 Å². The smallest absolute Gasteiger partial charge is 0.323 e. The molecule has 0 aliphatic heterocycles. The van der Waals surface area contributed by atoms with Gasteiger partial charge in [0.1, 0.15) is 12.4 Å². The van der Waals surface area contributed by atoms with Crippen molar-refractivity contribution in [3.8, 4) is 5.69 Å². The van der Waals surface area contributed by atoms with Crippen LogP contribution in [0.25, 0.3) is 5.69 Å². The molecule has 0 spiro atoms. The van der Waals surface area contributed by atoms with Crippen LogP contribution < -0.4 is 0 Å². The van der Waals surface area contributed by atoms with Crippen LogP contribution in [0.1, 0.15) is 29.5 Å². The maximum atomic E-state index is 13.0. The van der Waals surface area contributed by atoms with Gasteiger partial charge in [0.15, 0.2) is 5.69 Å². The van der Waals surface area contributed by atoms with Crippen molar-refractivity contribution in [1.82, 2.24) is 14.7 Å². The van der Waals surface area contributed by atoms with Crippen molar-refractivity contribution in [2.75, 3.05) is 13.1 Å². The SMILES string of the molecule is CCCN(CC(=O)O)C(=O)c1cc(C)n(-c2ccc(F)cc2)n1. The zero-order chi connectivity index (χ0) is 17.0. The summed E-state index contributed by atoms with van der Waals surface area (Å²) in [6, 6.07) is 7.34. The number of aryl methyl sites for hydroxylation is 1. The lowest BCUT2D eigenvalue weighted by Crippen LogP contribution is -2.36. The van der Waals surface area contributed by atoms with Crippen molar-refractivity contribution in [1.29, 1.82) is 0 Å². The van der Waals surface area contributed by atoms with Crippen LogP contribution in [0.5, 0.6) is 0 Å². The third-order valence-electron chi connectivity index (χ3n) is 3.28. The van der Waals surface area contributed by atoms with E-state index in [0.717, 1.165) is 0 Å². The van der Waals surface area contributed by atoms with E-state index in [1.54, 1.807) is 25.1 Å². The average Bonchev–Trinajstić information content (AvgIpc) is 2.88. The molecule has 2 rings (SSSR count). The monoisotopic (exact) mass is 319 g/mol. The van der Waals surface area contributed by atoms with Gasteiger partial charge in [-0.3, -0.25) is 9.59 Å². The molecule has 0 saturated heterocycles. The quantitative estimate of drug-likeness (QED) is 0.886. The van der Waals surface area contributed by atoms with E-state index in [1.807, 2.05) is 6.92 Å². The number of hydrogen-bond acceptors (Lipinski definition) is 3. The molecule has 2 aromatic rings. The van der Waals surface area contributed by atoms with Crippen LogP contribution in [0.15, 0.2) is 30.3 Å². The summed E-state index contributed by atoms with van der Waals surface area (Å²) < 4.78 is 14.5. The first-order chi connectivity index (χ1) is 10.9. The Balaban J connectivity index is 2.29. The van der Waals surface area contributed by atoms with Gasteiger partial charge in [-0.15, -0.1) is 0 Å². The van der Waals surface area contributed by atoms with E-state index < -0.39 is 11.9 Å². The summed E-state index contributed by atoms with van der Waals surface area (Å²) in [7, 11) is 0. The summed E-state index contributed by atoms with van der Waals surface area (Å²) >= 11 is 0. The highest BCUT2D eigenvalue weighted by Crippen LogP contribution is 2.14. The molecule has 1 N–H and O–H groups in total. The molecule has 122 valence electrons. The molecule has 0 aliphatic rings. The van der Waals surface area contributed by atoms with Gasteiger partial charge in [-0.25, -0.2) is 9.07 Å². The molecule has 1 heterocycles. The molecule has 1 amide bonds. The molecular formula is C16H18FN3O3. The van der Waals surface area contributed by atoms with Gasteiger partial charge < -0.3 is 10.0 Å². The van der Waals surface area contributed by atoms with Crippen molar-refractivity contribution >= 4 is 11.9 Å². The number of hydrogen-bond donors (Lipinski definition) is 1. The summed E-state index contributed by atoms with van der Waals surface area (Å²) in [5.41, 5.74) is 1.50. The third kappa shape index (κ3) is 3.94. The second kappa shape index (κ2) is 7.04. The number of carboxylic acids is 1. The standard InChI is InChI=1S/C16H18FN3O3/c1-3-8-19(10-15(21)22)16(23)14-9-11(2)20(18-14)13-6-4-12(17)5-7-13/h4-7,9H,3,8,10H2,1-2H3,(H,21,22). The van der Waals surface area contributed by atoms with Gasteiger partial charge in [0, 0.05) is 12.2 Å². The van der Waals surface area contributed by atoms with Gasteiger partial charge in [-0.2, -0.15) is 5.10 Å². The van der Waals surface area contributed by atoms with Crippen LogP contribution in [0, 0.1) is 12.7 Å². The zero-order valence-corrected chi connectivity index (χ0v) is 13.0. The first kappa shape index (κ1) is 16.7. The fraction of sp³-hybridized carbons (Fsp3) is 0.312. The second-order valence-corrected chi connectivity index (χ2v) is 5.18. The maximum absolute atomic E-state index is 13.0. The molecule has 7 heteroatoms. The Bertz CT molecular complexity index is 710. The van der Waals surface area contributed by atoms with Crippen LogP contribution in [0.2, 0.25) is 0 Å². The minimum atomic E-state index is -1.07. The lowest BCUT2D eigenvalue weighted by molar-refractivity contribution is -0.137. The van der Waals surface area contributed by atoms with Crippen LogP contribution in [0.3, 0.4) is 0 Å². The van der Waals surface area contributed by atoms with Crippen molar-refractivity contribution in [3.05, 3.63) is 47.5 Å². The number of aliphatic carboxylic acids is 1. The number of carbonyl (C=O) groups is 2. The topological polar surface area (TPSA) is 75.4 Å². The Kier molecular flexibility index (Phi) is 5.10. The average molecular weight is 319 g/mol. The number of carboxylic acid groups (broad SMARTS) is 1. The predicted molar refractivity (Wildman–Crippen MR) is 82.1 cm³/mol. The fourth-order valence-electron chi connectivity index (χ4n) is 2.27. The van der Waals surface area contributed by atoms with Crippen molar-refractivity contribution in [2.24, 2.45) is 0 Å². The Morgan fingerprint density at radius 3 is 2.52 bits per heavy atom. The number of carbonyl (C=O) groups excluding carboxylic acids is 1. The van der Waals surface area contributed by atoms with Crippen LogP contribution >= 0.6 is 0 Å². The molecule has 1 aromatic carbocycles. The minimum Gasteiger partial charge on any atom is -0.480 e. The molecule has 0 aliphatic carbocycles. The number of aromatic nitrogens is 2. The van der Waals surface area contributed by atoms with Crippen LogP contribution in [-0.4, -0.2) is 44.8 Å². The van der Waals surface area contributed by atoms with E-state index in [0.29, 0.717) is 24.3 Å². The van der Waals surface area contributed by atoms with Gasteiger partial charge >= 0.3 is 5.97 Å². The maximum Gasteiger partial charge on any atom is 0.323 e. The van der Waals surface area contributed by atoms with Gasteiger partial charge in [0.05, 0.1) is 5.69 Å². The molecule has 6 nitrogen and oxygen atoms in total. The number of rotatable bonds is 6. The molecule has 0 radical (unpaired) electrons. The van der Waals surface area contributed by atoms with E-state index in [2.05, 4.69) is 5.10 Å². The number of nitrogens with zero attached hydrogens (tertiary/aromatic N) is 3. The Labute approximate surface area is 133 Å². The number of amides is 1. The van der Waals surface area contributed by atoms with Crippen molar-refractivity contribution in [2.45, 2.75) is 20.3 Å². The van der Waals surface area contributed by atoms with E-state index >= 15 is 0 Å². The van der Waals surface area contributed by atoms with E-state index in [-0.39, 0.29) is 18.1 Å². The van der Waals surface area contributed by atoms with Crippen LogP contribution in [0.4, 0.5) is 4.39 Å². The van der Waals surface area contributed by atoms with E-state index in [1.165, 1.54) is 21.7 Å².